The first-order valence-electron chi connectivity index (χ1n) is 6.58. The average molecular weight is 337 g/mol. The first kappa shape index (κ1) is 13.7. The van der Waals surface area contributed by atoms with Crippen LogP contribution in [0.2, 0.25) is 0 Å². The molecule has 2 aromatic heterocycles. The molecule has 114 valence electrons. The second-order valence-corrected chi connectivity index (χ2v) is 7.07. The van der Waals surface area contributed by atoms with Crippen molar-refractivity contribution < 1.29 is 9.34 Å². The highest BCUT2D eigenvalue weighted by atomic mass is 32.2. The molecular weight excluding hydrogens is 326 g/mol. The van der Waals surface area contributed by atoms with Gasteiger partial charge in [0.15, 0.2) is 11.2 Å². The van der Waals surface area contributed by atoms with Crippen molar-refractivity contribution in [1.82, 2.24) is 14.9 Å². The molecule has 0 fully saturated rings. The van der Waals surface area contributed by atoms with Crippen molar-refractivity contribution in [3.63, 3.8) is 0 Å². The molecule has 0 spiro atoms. The summed E-state index contributed by atoms with van der Waals surface area (Å²) in [5.74, 6) is 1.38. The van der Waals surface area contributed by atoms with Crippen LogP contribution in [0.5, 0.6) is 0 Å². The van der Waals surface area contributed by atoms with Crippen LogP contribution in [0.3, 0.4) is 0 Å². The van der Waals surface area contributed by atoms with E-state index in [0.717, 1.165) is 16.0 Å². The van der Waals surface area contributed by atoms with Crippen molar-refractivity contribution in [1.29, 1.82) is 0 Å². The minimum absolute atomic E-state index is 0.189. The zero-order valence-corrected chi connectivity index (χ0v) is 13.3. The minimum Gasteiger partial charge on any atom is -0.403 e. The van der Waals surface area contributed by atoms with Gasteiger partial charge in [-0.2, -0.15) is 0 Å². The molecule has 1 atom stereocenters. The van der Waals surface area contributed by atoms with E-state index in [4.69, 9.17) is 4.42 Å². The lowest BCUT2D eigenvalue weighted by Gasteiger charge is -2.24. The molecule has 4 heterocycles. The Bertz CT molecular complexity index is 797. The zero-order valence-electron chi connectivity index (χ0n) is 11.7. The maximum absolute atomic E-state index is 10.8. The van der Waals surface area contributed by atoms with Gasteiger partial charge in [0.2, 0.25) is 5.16 Å². The van der Waals surface area contributed by atoms with E-state index in [0.29, 0.717) is 5.76 Å². The molecule has 0 saturated carbocycles. The summed E-state index contributed by atoms with van der Waals surface area (Å²) in [4.78, 5) is 10.3. The maximum atomic E-state index is 10.8. The third-order valence-electron chi connectivity index (χ3n) is 3.35. The molecule has 0 saturated heterocycles. The largest absolute Gasteiger partial charge is 0.433 e. The second-order valence-electron chi connectivity index (χ2n) is 5.13. The van der Waals surface area contributed by atoms with Crippen LogP contribution < -0.4 is 5.01 Å². The van der Waals surface area contributed by atoms with Gasteiger partial charge in [-0.05, 0) is 17.8 Å². The van der Waals surface area contributed by atoms with Crippen LogP contribution in [-0.4, -0.2) is 19.8 Å². The molecule has 0 bridgehead atoms. The van der Waals surface area contributed by atoms with Crippen molar-refractivity contribution in [3.8, 4) is 0 Å². The first-order valence-corrected chi connectivity index (χ1v) is 8.34. The van der Waals surface area contributed by atoms with E-state index in [1.165, 1.54) is 17.8 Å². The van der Waals surface area contributed by atoms with Gasteiger partial charge in [0.05, 0.1) is 6.07 Å². The van der Waals surface area contributed by atoms with Crippen LogP contribution in [0, 0.1) is 10.1 Å². The fraction of sp³-hybridized carbons (Fsp3) is 0.333. The average Bonchev–Trinajstić information content (AvgIpc) is 3.18. The van der Waals surface area contributed by atoms with Crippen molar-refractivity contribution in [3.05, 3.63) is 44.3 Å². The first-order chi connectivity index (χ1) is 10.6. The lowest BCUT2D eigenvalue weighted by atomic mass is 10.2. The second kappa shape index (κ2) is 4.78. The summed E-state index contributed by atoms with van der Waals surface area (Å²) in [5, 5.41) is 24.9. The van der Waals surface area contributed by atoms with Gasteiger partial charge in [0.1, 0.15) is 15.7 Å². The Hall–Kier alpha value is -1.94. The highest BCUT2D eigenvalue weighted by Crippen LogP contribution is 2.52. The number of fused-ring (bicyclic) bond motifs is 3. The van der Waals surface area contributed by atoms with Gasteiger partial charge in [-0.15, -0.1) is 10.2 Å². The Morgan fingerprint density at radius 1 is 1.41 bits per heavy atom. The van der Waals surface area contributed by atoms with Crippen molar-refractivity contribution in [2.45, 2.75) is 30.3 Å². The summed E-state index contributed by atoms with van der Waals surface area (Å²) in [6.45, 7) is 4.11. The van der Waals surface area contributed by atoms with E-state index in [1.807, 2.05) is 15.1 Å². The molecule has 2 aliphatic heterocycles. The van der Waals surface area contributed by atoms with Crippen LogP contribution >= 0.6 is 23.5 Å². The third kappa shape index (κ3) is 1.87. The molecule has 0 aliphatic carbocycles. The Balaban J connectivity index is 1.74. The Labute approximate surface area is 133 Å². The Kier molecular flexibility index (Phi) is 2.98. The normalized spacial score (nSPS) is 19.5. The Morgan fingerprint density at radius 2 is 2.23 bits per heavy atom. The molecule has 8 nitrogen and oxygen atoms in total. The van der Waals surface area contributed by atoms with E-state index < -0.39 is 4.92 Å². The van der Waals surface area contributed by atoms with Gasteiger partial charge in [0.25, 0.3) is 0 Å². The van der Waals surface area contributed by atoms with E-state index in [-0.39, 0.29) is 17.2 Å². The van der Waals surface area contributed by atoms with Gasteiger partial charge >= 0.3 is 5.88 Å². The predicted molar refractivity (Wildman–Crippen MR) is 82.0 cm³/mol. The molecule has 2 aliphatic rings. The summed E-state index contributed by atoms with van der Waals surface area (Å²) in [5.41, 5.74) is 0. The van der Waals surface area contributed by atoms with Crippen LogP contribution in [0.1, 0.15) is 36.7 Å². The summed E-state index contributed by atoms with van der Waals surface area (Å²) in [6.07, 6.45) is 0. The molecule has 0 aromatic carbocycles. The SMILES string of the molecule is CC(C)c1nnc2n1N1C(=CSC1c1ccc([N+](=O)[O-])o1)S2. The maximum Gasteiger partial charge on any atom is 0.433 e. The predicted octanol–water partition coefficient (Wildman–Crippen LogP) is 3.19. The number of hydrogen-bond acceptors (Lipinski definition) is 8. The van der Waals surface area contributed by atoms with E-state index in [2.05, 4.69) is 24.0 Å². The van der Waals surface area contributed by atoms with Crippen LogP contribution in [-0.2, 0) is 0 Å². The standard InChI is InChI=1S/C12H11N5O3S2/c1-6(2)10-13-14-12-16(10)15-9(22-12)5-21-11(15)7-3-4-8(20-7)17(18)19/h3-6,11H,1-2H3. The topological polar surface area (TPSA) is 90.2 Å². The quantitative estimate of drug-likeness (QED) is 0.623. The molecule has 4 rings (SSSR count). The Morgan fingerprint density at radius 3 is 2.91 bits per heavy atom. The van der Waals surface area contributed by atoms with Gasteiger partial charge in [-0.3, -0.25) is 10.1 Å². The highest BCUT2D eigenvalue weighted by Gasteiger charge is 2.41. The zero-order chi connectivity index (χ0) is 15.4. The highest BCUT2D eigenvalue weighted by molar-refractivity contribution is 8.07. The van der Waals surface area contributed by atoms with Gasteiger partial charge in [0, 0.05) is 11.3 Å². The summed E-state index contributed by atoms with van der Waals surface area (Å²) < 4.78 is 7.34. The van der Waals surface area contributed by atoms with Gasteiger partial charge < -0.3 is 4.42 Å². The van der Waals surface area contributed by atoms with E-state index in [9.17, 15) is 10.1 Å². The monoisotopic (exact) mass is 337 g/mol. The number of furan rings is 1. The molecule has 0 radical (unpaired) electrons. The van der Waals surface area contributed by atoms with Crippen LogP contribution in [0.25, 0.3) is 0 Å². The summed E-state index contributed by atoms with van der Waals surface area (Å²) >= 11 is 3.09. The number of hydrogen-bond donors (Lipinski definition) is 0. The lowest BCUT2D eigenvalue weighted by molar-refractivity contribution is -0.402. The molecular formula is C12H11N5O3S2. The molecule has 1 unspecified atom stereocenters. The molecule has 2 aromatic rings. The fourth-order valence-corrected chi connectivity index (χ4v) is 4.56. The number of rotatable bonds is 3. The van der Waals surface area contributed by atoms with E-state index >= 15 is 0 Å². The molecule has 10 heteroatoms. The van der Waals surface area contributed by atoms with Crippen molar-refractivity contribution in [2.24, 2.45) is 0 Å². The third-order valence-corrected chi connectivity index (χ3v) is 5.50. The molecule has 0 amide bonds. The van der Waals surface area contributed by atoms with Crippen molar-refractivity contribution in [2.75, 3.05) is 5.01 Å². The lowest BCUT2D eigenvalue weighted by Crippen LogP contribution is -2.30. The molecule has 22 heavy (non-hydrogen) atoms. The minimum atomic E-state index is -0.528. The summed E-state index contributed by atoms with van der Waals surface area (Å²) in [7, 11) is 0. The number of thioether (sulfide) groups is 2. The van der Waals surface area contributed by atoms with E-state index in [1.54, 1.807) is 17.8 Å². The number of nitro groups is 1. The smallest absolute Gasteiger partial charge is 0.403 e. The fourth-order valence-electron chi connectivity index (χ4n) is 2.38. The van der Waals surface area contributed by atoms with Gasteiger partial charge in [-0.1, -0.05) is 25.6 Å². The molecule has 0 N–H and O–H groups in total. The summed E-state index contributed by atoms with van der Waals surface area (Å²) in [6, 6.07) is 3.03. The van der Waals surface area contributed by atoms with Crippen LogP contribution in [0.15, 0.2) is 32.1 Å². The van der Waals surface area contributed by atoms with Crippen molar-refractivity contribution >= 4 is 29.4 Å². The number of nitrogens with zero attached hydrogens (tertiary/aromatic N) is 5. The number of aromatic nitrogens is 3. The van der Waals surface area contributed by atoms with Crippen LogP contribution in [0.4, 0.5) is 5.88 Å². The van der Waals surface area contributed by atoms with Gasteiger partial charge in [-0.25, -0.2) is 9.69 Å².